The van der Waals surface area contributed by atoms with Crippen LogP contribution in [0.25, 0.3) is 0 Å². The molecule has 5 aliphatic rings. The van der Waals surface area contributed by atoms with Gasteiger partial charge in [-0.05, 0) is 81.1 Å². The summed E-state index contributed by atoms with van der Waals surface area (Å²) in [5.74, 6) is 3.58. The van der Waals surface area contributed by atoms with Gasteiger partial charge in [-0.25, -0.2) is 0 Å². The number of hydrogen-bond acceptors (Lipinski definition) is 2. The summed E-state index contributed by atoms with van der Waals surface area (Å²) >= 11 is 0. The standard InChI is InChI=1S/C18H30N2O/c1-20(17(21)16-3-2-4-19-11-16)12-18-8-13-5-14(9-18)7-15(6-13)10-18/h13-16,19H,2-12H2,1H3/t13?,14?,15?,16-,18?/m1/s1. The van der Waals surface area contributed by atoms with Crippen molar-refractivity contribution in [2.45, 2.75) is 51.4 Å². The first kappa shape index (κ1) is 14.0. The van der Waals surface area contributed by atoms with E-state index in [2.05, 4.69) is 17.3 Å². The maximum Gasteiger partial charge on any atom is 0.226 e. The van der Waals surface area contributed by atoms with Gasteiger partial charge in [-0.1, -0.05) is 0 Å². The first-order valence-corrected chi connectivity index (χ1v) is 9.09. The largest absolute Gasteiger partial charge is 0.345 e. The second-order valence-corrected chi connectivity index (χ2v) is 8.66. The minimum absolute atomic E-state index is 0.234. The lowest BCUT2D eigenvalue weighted by molar-refractivity contribution is -0.140. The third kappa shape index (κ3) is 2.62. The molecular weight excluding hydrogens is 260 g/mol. The molecule has 1 heterocycles. The van der Waals surface area contributed by atoms with Gasteiger partial charge in [-0.2, -0.15) is 0 Å². The number of carbonyl (C=O) groups excluding carboxylic acids is 1. The molecule has 4 bridgehead atoms. The van der Waals surface area contributed by atoms with Crippen molar-refractivity contribution in [3.8, 4) is 0 Å². The minimum atomic E-state index is 0.234. The highest BCUT2D eigenvalue weighted by molar-refractivity contribution is 5.79. The topological polar surface area (TPSA) is 32.3 Å². The summed E-state index contributed by atoms with van der Waals surface area (Å²) < 4.78 is 0. The molecule has 0 aromatic heterocycles. The summed E-state index contributed by atoms with van der Waals surface area (Å²) in [5.41, 5.74) is 0.487. The van der Waals surface area contributed by atoms with Crippen molar-refractivity contribution < 1.29 is 4.79 Å². The molecule has 1 N–H and O–H groups in total. The Morgan fingerprint density at radius 3 is 2.29 bits per heavy atom. The van der Waals surface area contributed by atoms with Crippen LogP contribution in [0.1, 0.15) is 51.4 Å². The van der Waals surface area contributed by atoms with Crippen molar-refractivity contribution in [2.75, 3.05) is 26.7 Å². The molecule has 0 aromatic rings. The van der Waals surface area contributed by atoms with Crippen molar-refractivity contribution in [1.29, 1.82) is 0 Å². The fourth-order valence-corrected chi connectivity index (χ4v) is 6.44. The number of nitrogens with zero attached hydrogens (tertiary/aromatic N) is 1. The van der Waals surface area contributed by atoms with Gasteiger partial charge in [0.05, 0.1) is 5.92 Å². The normalized spacial score (nSPS) is 44.8. The van der Waals surface area contributed by atoms with Crippen LogP contribution >= 0.6 is 0 Å². The summed E-state index contributed by atoms with van der Waals surface area (Å²) in [6.07, 6.45) is 10.9. The third-order valence-electron chi connectivity index (χ3n) is 6.76. The monoisotopic (exact) mass is 290 g/mol. The Morgan fingerprint density at radius 1 is 1.14 bits per heavy atom. The lowest BCUT2D eigenvalue weighted by Gasteiger charge is -2.57. The Bertz CT molecular complexity index is 378. The molecule has 0 aromatic carbocycles. The van der Waals surface area contributed by atoms with Gasteiger partial charge in [0.15, 0.2) is 0 Å². The zero-order chi connectivity index (χ0) is 14.4. The van der Waals surface area contributed by atoms with E-state index in [9.17, 15) is 4.79 Å². The van der Waals surface area contributed by atoms with Crippen LogP contribution in [0.5, 0.6) is 0 Å². The number of hydrogen-bond donors (Lipinski definition) is 1. The Balaban J connectivity index is 1.41. The Kier molecular flexibility index (Phi) is 3.52. The van der Waals surface area contributed by atoms with Crippen molar-refractivity contribution in [2.24, 2.45) is 29.1 Å². The van der Waals surface area contributed by atoms with Crippen molar-refractivity contribution >= 4 is 5.91 Å². The lowest BCUT2D eigenvalue weighted by atomic mass is 9.49. The number of amides is 1. The molecule has 0 unspecified atom stereocenters. The average Bonchev–Trinajstić information content (AvgIpc) is 2.45. The molecule has 1 amide bonds. The zero-order valence-corrected chi connectivity index (χ0v) is 13.4. The lowest BCUT2D eigenvalue weighted by Crippen LogP contribution is -2.52. The number of rotatable bonds is 3. The van der Waals surface area contributed by atoms with E-state index in [1.54, 1.807) is 0 Å². The molecule has 118 valence electrons. The van der Waals surface area contributed by atoms with E-state index in [0.29, 0.717) is 11.3 Å². The molecule has 21 heavy (non-hydrogen) atoms. The van der Waals surface area contributed by atoms with Gasteiger partial charge in [0.2, 0.25) is 5.91 Å². The third-order valence-corrected chi connectivity index (χ3v) is 6.76. The Labute approximate surface area is 128 Å². The zero-order valence-electron chi connectivity index (χ0n) is 13.4. The minimum Gasteiger partial charge on any atom is -0.345 e. The van der Waals surface area contributed by atoms with Gasteiger partial charge in [0, 0.05) is 20.1 Å². The summed E-state index contributed by atoms with van der Waals surface area (Å²) in [4.78, 5) is 14.8. The Morgan fingerprint density at radius 2 is 1.76 bits per heavy atom. The van der Waals surface area contributed by atoms with Gasteiger partial charge in [-0.3, -0.25) is 4.79 Å². The number of carbonyl (C=O) groups is 1. The smallest absolute Gasteiger partial charge is 0.226 e. The highest BCUT2D eigenvalue weighted by Gasteiger charge is 2.51. The SMILES string of the molecule is CN(CC12CC3CC(CC(C3)C1)C2)C(=O)[C@@H]1CCCNC1. The molecular formula is C18H30N2O. The highest BCUT2D eigenvalue weighted by atomic mass is 16.2. The quantitative estimate of drug-likeness (QED) is 0.866. The van der Waals surface area contributed by atoms with Crippen molar-refractivity contribution in [3.63, 3.8) is 0 Å². The summed E-state index contributed by atoms with van der Waals surface area (Å²) in [6, 6.07) is 0. The van der Waals surface area contributed by atoms with Crippen LogP contribution in [0.15, 0.2) is 0 Å². The van der Waals surface area contributed by atoms with Gasteiger partial charge >= 0.3 is 0 Å². The molecule has 1 aliphatic heterocycles. The van der Waals surface area contributed by atoms with E-state index < -0.39 is 0 Å². The predicted octanol–water partition coefficient (Wildman–Crippen LogP) is 2.66. The number of piperidine rings is 1. The van der Waals surface area contributed by atoms with Crippen molar-refractivity contribution in [3.05, 3.63) is 0 Å². The van der Waals surface area contributed by atoms with Gasteiger partial charge in [0.25, 0.3) is 0 Å². The van der Waals surface area contributed by atoms with E-state index in [-0.39, 0.29) is 5.92 Å². The van der Waals surface area contributed by atoms with Crippen LogP contribution in [0, 0.1) is 29.1 Å². The summed E-state index contributed by atoms with van der Waals surface area (Å²) in [5, 5.41) is 3.38. The first-order chi connectivity index (χ1) is 10.1. The molecule has 4 aliphatic carbocycles. The van der Waals surface area contributed by atoms with E-state index >= 15 is 0 Å². The first-order valence-electron chi connectivity index (χ1n) is 9.09. The van der Waals surface area contributed by atoms with Crippen LogP contribution in [0.4, 0.5) is 0 Å². The molecule has 1 atom stereocenters. The fraction of sp³-hybridized carbons (Fsp3) is 0.944. The predicted molar refractivity (Wildman–Crippen MR) is 83.8 cm³/mol. The van der Waals surface area contributed by atoms with E-state index in [1.165, 1.54) is 38.5 Å². The van der Waals surface area contributed by atoms with Crippen LogP contribution in [0.3, 0.4) is 0 Å². The molecule has 4 saturated carbocycles. The summed E-state index contributed by atoms with van der Waals surface area (Å²) in [6.45, 7) is 3.01. The molecule has 5 rings (SSSR count). The number of nitrogens with one attached hydrogen (secondary N) is 1. The average molecular weight is 290 g/mol. The van der Waals surface area contributed by atoms with Gasteiger partial charge in [0.1, 0.15) is 0 Å². The van der Waals surface area contributed by atoms with Crippen LogP contribution in [-0.4, -0.2) is 37.5 Å². The van der Waals surface area contributed by atoms with Crippen LogP contribution in [-0.2, 0) is 4.79 Å². The van der Waals surface area contributed by atoms with Gasteiger partial charge in [-0.15, -0.1) is 0 Å². The fourth-order valence-electron chi connectivity index (χ4n) is 6.44. The van der Waals surface area contributed by atoms with Crippen LogP contribution in [0.2, 0.25) is 0 Å². The van der Waals surface area contributed by atoms with Crippen LogP contribution < -0.4 is 5.32 Å². The molecule has 0 spiro atoms. The molecule has 3 heteroatoms. The van der Waals surface area contributed by atoms with E-state index in [4.69, 9.17) is 0 Å². The second kappa shape index (κ2) is 5.26. The second-order valence-electron chi connectivity index (χ2n) is 8.66. The van der Waals surface area contributed by atoms with E-state index in [0.717, 1.165) is 50.2 Å². The van der Waals surface area contributed by atoms with E-state index in [1.807, 2.05) is 0 Å². The Hall–Kier alpha value is -0.570. The molecule has 5 fully saturated rings. The molecule has 1 saturated heterocycles. The van der Waals surface area contributed by atoms with Crippen molar-refractivity contribution in [1.82, 2.24) is 10.2 Å². The molecule has 0 radical (unpaired) electrons. The maximum absolute atomic E-state index is 12.7. The highest BCUT2D eigenvalue weighted by Crippen LogP contribution is 2.60. The maximum atomic E-state index is 12.7. The van der Waals surface area contributed by atoms with Gasteiger partial charge < -0.3 is 10.2 Å². The molecule has 3 nitrogen and oxygen atoms in total. The summed E-state index contributed by atoms with van der Waals surface area (Å²) in [7, 11) is 2.07.